The number of rotatable bonds is 6. The molecular formula is C21H25FN4O4S. The molecule has 0 atom stereocenters. The quantitative estimate of drug-likeness (QED) is 0.699. The Morgan fingerprint density at radius 3 is 2.32 bits per heavy atom. The topological polar surface area (TPSA) is 98.8 Å². The Hall–Kier alpha value is -2.98. The minimum atomic E-state index is -3.82. The van der Waals surface area contributed by atoms with E-state index >= 15 is 0 Å². The third-order valence-electron chi connectivity index (χ3n) is 5.00. The number of sulfonamides is 1. The minimum Gasteiger partial charge on any atom is -0.339 e. The average molecular weight is 449 g/mol. The standard InChI is InChI=1S/C21H25FN4O4S/c1-16-5-7-17(8-6-16)14-23-21(28)24-15-20(27)25-9-11-26(12-10-25)31(29,30)19-4-2-3-18(22)13-19/h2-8,13H,9-12,14-15H2,1H3,(H2,23,24,28). The van der Waals surface area contributed by atoms with E-state index in [2.05, 4.69) is 10.6 Å². The third kappa shape index (κ3) is 6.02. The Bertz CT molecular complexity index is 1040. The minimum absolute atomic E-state index is 0.101. The summed E-state index contributed by atoms with van der Waals surface area (Å²) in [4.78, 5) is 25.7. The van der Waals surface area contributed by atoms with Crippen molar-refractivity contribution in [1.29, 1.82) is 0 Å². The van der Waals surface area contributed by atoms with Crippen molar-refractivity contribution in [3.05, 3.63) is 65.5 Å². The van der Waals surface area contributed by atoms with Crippen molar-refractivity contribution >= 4 is 22.0 Å². The lowest BCUT2D eigenvalue weighted by Crippen LogP contribution is -2.53. The lowest BCUT2D eigenvalue weighted by Gasteiger charge is -2.34. The van der Waals surface area contributed by atoms with E-state index in [0.717, 1.165) is 17.2 Å². The molecule has 10 heteroatoms. The van der Waals surface area contributed by atoms with E-state index in [-0.39, 0.29) is 43.5 Å². The average Bonchev–Trinajstić information content (AvgIpc) is 2.77. The number of piperazine rings is 1. The molecule has 2 aromatic rings. The fraction of sp³-hybridized carbons (Fsp3) is 0.333. The Morgan fingerprint density at radius 1 is 1.00 bits per heavy atom. The maximum Gasteiger partial charge on any atom is 0.315 e. The molecule has 0 aromatic heterocycles. The third-order valence-corrected chi connectivity index (χ3v) is 6.89. The number of hydrogen-bond donors (Lipinski definition) is 2. The Kier molecular flexibility index (Phi) is 7.24. The number of aryl methyl sites for hydroxylation is 1. The highest BCUT2D eigenvalue weighted by Gasteiger charge is 2.30. The van der Waals surface area contributed by atoms with Crippen LogP contribution in [0.15, 0.2) is 53.4 Å². The van der Waals surface area contributed by atoms with Gasteiger partial charge >= 0.3 is 6.03 Å². The summed E-state index contributed by atoms with van der Waals surface area (Å²) in [5.41, 5.74) is 2.07. The second-order valence-electron chi connectivity index (χ2n) is 7.26. The fourth-order valence-corrected chi connectivity index (χ4v) is 4.63. The van der Waals surface area contributed by atoms with Crippen LogP contribution in [0.25, 0.3) is 0 Å². The van der Waals surface area contributed by atoms with E-state index in [9.17, 15) is 22.4 Å². The molecule has 1 heterocycles. The smallest absolute Gasteiger partial charge is 0.315 e. The molecule has 0 bridgehead atoms. The van der Waals surface area contributed by atoms with Crippen molar-refractivity contribution in [3.63, 3.8) is 0 Å². The van der Waals surface area contributed by atoms with Crippen LogP contribution in [0.1, 0.15) is 11.1 Å². The molecule has 0 saturated carbocycles. The number of nitrogens with one attached hydrogen (secondary N) is 2. The van der Waals surface area contributed by atoms with Crippen LogP contribution in [-0.2, 0) is 21.4 Å². The molecule has 0 unspecified atom stereocenters. The SMILES string of the molecule is Cc1ccc(CNC(=O)NCC(=O)N2CCN(S(=O)(=O)c3cccc(F)c3)CC2)cc1. The van der Waals surface area contributed by atoms with Gasteiger partial charge in [0.2, 0.25) is 15.9 Å². The van der Waals surface area contributed by atoms with Gasteiger partial charge in [-0.05, 0) is 30.7 Å². The number of amides is 3. The molecule has 1 fully saturated rings. The molecule has 0 aliphatic carbocycles. The van der Waals surface area contributed by atoms with E-state index in [1.807, 2.05) is 31.2 Å². The van der Waals surface area contributed by atoms with Gasteiger partial charge < -0.3 is 15.5 Å². The van der Waals surface area contributed by atoms with Crippen molar-refractivity contribution in [2.45, 2.75) is 18.4 Å². The van der Waals surface area contributed by atoms with Crippen molar-refractivity contribution < 1.29 is 22.4 Å². The zero-order valence-corrected chi connectivity index (χ0v) is 18.0. The van der Waals surface area contributed by atoms with Gasteiger partial charge in [0, 0.05) is 32.7 Å². The highest BCUT2D eigenvalue weighted by Crippen LogP contribution is 2.18. The van der Waals surface area contributed by atoms with Crippen LogP contribution < -0.4 is 10.6 Å². The molecule has 8 nitrogen and oxygen atoms in total. The number of benzene rings is 2. The van der Waals surface area contributed by atoms with Gasteiger partial charge in [0.1, 0.15) is 5.82 Å². The first-order valence-electron chi connectivity index (χ1n) is 9.86. The van der Waals surface area contributed by atoms with Crippen LogP contribution in [-0.4, -0.2) is 62.3 Å². The molecule has 3 amide bonds. The first-order chi connectivity index (χ1) is 14.8. The van der Waals surface area contributed by atoms with Gasteiger partial charge in [0.15, 0.2) is 0 Å². The number of carbonyl (C=O) groups is 2. The van der Waals surface area contributed by atoms with Gasteiger partial charge in [0.05, 0.1) is 11.4 Å². The summed E-state index contributed by atoms with van der Waals surface area (Å²) >= 11 is 0. The van der Waals surface area contributed by atoms with Gasteiger partial charge in [-0.15, -0.1) is 0 Å². The van der Waals surface area contributed by atoms with Gasteiger partial charge in [-0.25, -0.2) is 17.6 Å². The summed E-state index contributed by atoms with van der Waals surface area (Å²) in [5, 5.41) is 5.21. The van der Waals surface area contributed by atoms with E-state index in [1.54, 1.807) is 0 Å². The number of hydrogen-bond acceptors (Lipinski definition) is 4. The summed E-state index contributed by atoms with van der Waals surface area (Å²) in [7, 11) is -3.82. The largest absolute Gasteiger partial charge is 0.339 e. The second-order valence-corrected chi connectivity index (χ2v) is 9.20. The zero-order valence-electron chi connectivity index (χ0n) is 17.2. The number of halogens is 1. The van der Waals surface area contributed by atoms with E-state index in [1.165, 1.54) is 27.4 Å². The molecule has 166 valence electrons. The Labute approximate surface area is 181 Å². The van der Waals surface area contributed by atoms with Gasteiger partial charge in [-0.2, -0.15) is 4.31 Å². The van der Waals surface area contributed by atoms with Crippen LogP contribution in [0.4, 0.5) is 9.18 Å². The molecule has 1 aliphatic heterocycles. The predicted molar refractivity (Wildman–Crippen MR) is 113 cm³/mol. The molecule has 1 saturated heterocycles. The Balaban J connectivity index is 1.43. The van der Waals surface area contributed by atoms with E-state index in [0.29, 0.717) is 6.54 Å². The van der Waals surface area contributed by atoms with Crippen molar-refractivity contribution in [3.8, 4) is 0 Å². The lowest BCUT2D eigenvalue weighted by atomic mass is 10.1. The normalized spacial score (nSPS) is 14.8. The lowest BCUT2D eigenvalue weighted by molar-refractivity contribution is -0.131. The highest BCUT2D eigenvalue weighted by molar-refractivity contribution is 7.89. The number of carbonyl (C=O) groups excluding carboxylic acids is 2. The molecule has 0 spiro atoms. The number of urea groups is 1. The van der Waals surface area contributed by atoms with Crippen LogP contribution in [0.2, 0.25) is 0 Å². The summed E-state index contributed by atoms with van der Waals surface area (Å²) in [5.74, 6) is -0.921. The van der Waals surface area contributed by atoms with Crippen molar-refractivity contribution in [1.82, 2.24) is 19.8 Å². The fourth-order valence-electron chi connectivity index (χ4n) is 3.17. The molecule has 0 radical (unpaired) electrons. The second kappa shape index (κ2) is 9.88. The highest BCUT2D eigenvalue weighted by atomic mass is 32.2. The molecule has 3 rings (SSSR count). The molecule has 31 heavy (non-hydrogen) atoms. The summed E-state index contributed by atoms with van der Waals surface area (Å²) in [6.07, 6.45) is 0. The Morgan fingerprint density at radius 2 is 1.68 bits per heavy atom. The van der Waals surface area contributed by atoms with Crippen LogP contribution >= 0.6 is 0 Å². The predicted octanol–water partition coefficient (Wildman–Crippen LogP) is 1.47. The number of nitrogens with zero attached hydrogens (tertiary/aromatic N) is 2. The van der Waals surface area contributed by atoms with E-state index < -0.39 is 21.9 Å². The molecule has 2 aromatic carbocycles. The summed E-state index contributed by atoms with van der Waals surface area (Å²) < 4.78 is 39.9. The first-order valence-corrected chi connectivity index (χ1v) is 11.3. The monoisotopic (exact) mass is 448 g/mol. The molecule has 1 aliphatic rings. The van der Waals surface area contributed by atoms with Crippen molar-refractivity contribution in [2.75, 3.05) is 32.7 Å². The van der Waals surface area contributed by atoms with Crippen LogP contribution in [0, 0.1) is 12.7 Å². The van der Waals surface area contributed by atoms with Crippen molar-refractivity contribution in [2.24, 2.45) is 0 Å². The summed E-state index contributed by atoms with van der Waals surface area (Å²) in [6, 6.07) is 12.1. The summed E-state index contributed by atoms with van der Waals surface area (Å²) in [6.45, 7) is 2.73. The first kappa shape index (κ1) is 22.7. The van der Waals surface area contributed by atoms with Gasteiger partial charge in [0.25, 0.3) is 0 Å². The maximum atomic E-state index is 13.4. The van der Waals surface area contributed by atoms with Gasteiger partial charge in [-0.1, -0.05) is 35.9 Å². The van der Waals surface area contributed by atoms with Crippen LogP contribution in [0.5, 0.6) is 0 Å². The van der Waals surface area contributed by atoms with Crippen LogP contribution in [0.3, 0.4) is 0 Å². The van der Waals surface area contributed by atoms with Gasteiger partial charge in [-0.3, -0.25) is 4.79 Å². The zero-order chi connectivity index (χ0) is 22.4. The molecular weight excluding hydrogens is 423 g/mol. The van der Waals surface area contributed by atoms with E-state index in [4.69, 9.17) is 0 Å². The molecule has 2 N–H and O–H groups in total. The maximum absolute atomic E-state index is 13.4.